The van der Waals surface area contributed by atoms with Crippen molar-refractivity contribution in [1.29, 1.82) is 0 Å². The minimum atomic E-state index is -4.48. The number of hydrogen-bond acceptors (Lipinski definition) is 4. The second kappa shape index (κ2) is 8.90. The summed E-state index contributed by atoms with van der Waals surface area (Å²) in [6.45, 7) is 1.87. The molecule has 31 heavy (non-hydrogen) atoms. The molecule has 1 heterocycles. The van der Waals surface area contributed by atoms with E-state index in [4.69, 9.17) is 0 Å². The first kappa shape index (κ1) is 21.9. The Bertz CT molecular complexity index is 1090. The lowest BCUT2D eigenvalue weighted by molar-refractivity contribution is -0.137. The van der Waals surface area contributed by atoms with E-state index in [0.717, 1.165) is 12.1 Å². The average molecular weight is 432 g/mol. The first-order valence-corrected chi connectivity index (χ1v) is 9.24. The molecule has 0 spiro atoms. The number of carbonyl (C=O) groups excluding carboxylic acids is 2. The number of alkyl halides is 3. The van der Waals surface area contributed by atoms with E-state index < -0.39 is 17.6 Å². The van der Waals surface area contributed by atoms with Crippen LogP contribution >= 0.6 is 0 Å². The number of phenolic OH excluding ortho intramolecular Hbond substituents is 1. The van der Waals surface area contributed by atoms with E-state index in [0.29, 0.717) is 11.3 Å². The van der Waals surface area contributed by atoms with Gasteiger partial charge in [0.2, 0.25) is 0 Å². The van der Waals surface area contributed by atoms with Gasteiger partial charge in [0.1, 0.15) is 5.75 Å². The van der Waals surface area contributed by atoms with Crippen molar-refractivity contribution in [3.8, 4) is 11.4 Å². The third-order valence-electron chi connectivity index (χ3n) is 4.50. The van der Waals surface area contributed by atoms with Gasteiger partial charge < -0.3 is 15.7 Å². The molecule has 2 aromatic carbocycles. The zero-order valence-electron chi connectivity index (χ0n) is 16.4. The van der Waals surface area contributed by atoms with Crippen LogP contribution in [0.3, 0.4) is 0 Å². The summed E-state index contributed by atoms with van der Waals surface area (Å²) >= 11 is 0. The monoisotopic (exact) mass is 432 g/mol. The molecule has 3 rings (SSSR count). The normalized spacial score (nSPS) is 11.2. The Labute approximate surface area is 175 Å². The summed E-state index contributed by atoms with van der Waals surface area (Å²) in [5.41, 5.74) is 0.331. The number of phenols is 1. The lowest BCUT2D eigenvalue weighted by atomic mass is 10.2. The number of hydrogen-bond donors (Lipinski definition) is 3. The van der Waals surface area contributed by atoms with Crippen LogP contribution < -0.4 is 10.6 Å². The third-order valence-corrected chi connectivity index (χ3v) is 4.50. The molecular formula is C21H19F3N4O3. The number of nitrogens with one attached hydrogen (secondary N) is 2. The van der Waals surface area contributed by atoms with Gasteiger partial charge in [0.15, 0.2) is 0 Å². The van der Waals surface area contributed by atoms with Crippen molar-refractivity contribution in [2.75, 3.05) is 13.1 Å². The molecule has 0 saturated carbocycles. The Morgan fingerprint density at radius 3 is 2.32 bits per heavy atom. The van der Waals surface area contributed by atoms with Crippen LogP contribution in [0.1, 0.15) is 32.0 Å². The summed E-state index contributed by atoms with van der Waals surface area (Å²) in [6.07, 6.45) is -3.21. The van der Waals surface area contributed by atoms with E-state index in [9.17, 15) is 27.9 Å². The molecule has 0 atom stereocenters. The van der Waals surface area contributed by atoms with Gasteiger partial charge in [0.05, 0.1) is 28.7 Å². The van der Waals surface area contributed by atoms with Gasteiger partial charge in [-0.05, 0) is 49.4 Å². The van der Waals surface area contributed by atoms with E-state index in [1.807, 2.05) is 0 Å². The molecule has 0 bridgehead atoms. The molecule has 0 radical (unpaired) electrons. The van der Waals surface area contributed by atoms with E-state index in [1.165, 1.54) is 47.3 Å². The molecule has 3 N–H and O–H groups in total. The van der Waals surface area contributed by atoms with Gasteiger partial charge in [-0.25, -0.2) is 4.68 Å². The molecule has 0 unspecified atom stereocenters. The molecular weight excluding hydrogens is 413 g/mol. The van der Waals surface area contributed by atoms with Crippen LogP contribution in [0.5, 0.6) is 5.75 Å². The maximum absolute atomic E-state index is 12.9. The predicted molar refractivity (Wildman–Crippen MR) is 106 cm³/mol. The van der Waals surface area contributed by atoms with Gasteiger partial charge in [-0.3, -0.25) is 9.59 Å². The first-order valence-electron chi connectivity index (χ1n) is 9.24. The van der Waals surface area contributed by atoms with Gasteiger partial charge in [0, 0.05) is 18.7 Å². The molecule has 162 valence electrons. The molecule has 0 aliphatic heterocycles. The molecule has 7 nitrogen and oxygen atoms in total. The number of amides is 2. The molecule has 0 aliphatic rings. The number of halogens is 3. The van der Waals surface area contributed by atoms with Crippen LogP contribution in [-0.4, -0.2) is 39.8 Å². The largest absolute Gasteiger partial charge is 0.508 e. The average Bonchev–Trinajstić information content (AvgIpc) is 3.12. The van der Waals surface area contributed by atoms with Crippen molar-refractivity contribution in [1.82, 2.24) is 20.4 Å². The maximum Gasteiger partial charge on any atom is 0.416 e. The standard InChI is InChI=1S/C21H19F3N4O3/c1-13-18(12-27-28(13)16-4-2-3-15(11-16)21(22,23)24)20(31)26-10-9-25-19(30)14-5-7-17(29)8-6-14/h2-8,11-12,29H,9-10H2,1H3,(H,25,30)(H,26,31). The summed E-state index contributed by atoms with van der Waals surface area (Å²) in [5.74, 6) is -0.776. The number of nitrogens with zero attached hydrogens (tertiary/aromatic N) is 2. The number of rotatable bonds is 6. The lowest BCUT2D eigenvalue weighted by Gasteiger charge is -2.10. The molecule has 10 heteroatoms. The predicted octanol–water partition coefficient (Wildman–Crippen LogP) is 3.06. The van der Waals surface area contributed by atoms with Gasteiger partial charge in [-0.15, -0.1) is 0 Å². The minimum absolute atomic E-state index is 0.0462. The van der Waals surface area contributed by atoms with Crippen LogP contribution in [0.15, 0.2) is 54.7 Å². The zero-order chi connectivity index (χ0) is 22.6. The number of aromatic nitrogens is 2. The SMILES string of the molecule is Cc1c(C(=O)NCCNC(=O)c2ccc(O)cc2)cnn1-c1cccc(C(F)(F)F)c1. The fourth-order valence-electron chi connectivity index (χ4n) is 2.87. The van der Waals surface area contributed by atoms with Crippen molar-refractivity contribution >= 4 is 11.8 Å². The van der Waals surface area contributed by atoms with Crippen LogP contribution in [0.2, 0.25) is 0 Å². The van der Waals surface area contributed by atoms with E-state index in [1.54, 1.807) is 6.92 Å². The lowest BCUT2D eigenvalue weighted by Crippen LogP contribution is -2.34. The number of carbonyl (C=O) groups is 2. The summed E-state index contributed by atoms with van der Waals surface area (Å²) in [6, 6.07) is 10.4. The van der Waals surface area contributed by atoms with Crippen molar-refractivity contribution in [2.45, 2.75) is 13.1 Å². The first-order chi connectivity index (χ1) is 14.7. The van der Waals surface area contributed by atoms with Crippen molar-refractivity contribution < 1.29 is 27.9 Å². The fourth-order valence-corrected chi connectivity index (χ4v) is 2.87. The third kappa shape index (κ3) is 5.21. The van der Waals surface area contributed by atoms with E-state index >= 15 is 0 Å². The second-order valence-corrected chi connectivity index (χ2v) is 6.66. The molecule has 0 fully saturated rings. The number of benzene rings is 2. The molecule has 2 amide bonds. The highest BCUT2D eigenvalue weighted by atomic mass is 19.4. The van der Waals surface area contributed by atoms with E-state index in [2.05, 4.69) is 15.7 Å². The minimum Gasteiger partial charge on any atom is -0.508 e. The Hall–Kier alpha value is -3.82. The second-order valence-electron chi connectivity index (χ2n) is 6.66. The van der Waals surface area contributed by atoms with Crippen LogP contribution in [0.25, 0.3) is 5.69 Å². The maximum atomic E-state index is 12.9. The summed E-state index contributed by atoms with van der Waals surface area (Å²) in [4.78, 5) is 24.4. The quantitative estimate of drug-likeness (QED) is 0.522. The Morgan fingerprint density at radius 1 is 1.03 bits per heavy atom. The van der Waals surface area contributed by atoms with Crippen LogP contribution in [0, 0.1) is 6.92 Å². The molecule has 3 aromatic rings. The zero-order valence-corrected chi connectivity index (χ0v) is 16.4. The topological polar surface area (TPSA) is 96.2 Å². The van der Waals surface area contributed by atoms with Gasteiger partial charge in [-0.2, -0.15) is 18.3 Å². The highest BCUT2D eigenvalue weighted by Gasteiger charge is 2.30. The van der Waals surface area contributed by atoms with Crippen molar-refractivity contribution in [2.24, 2.45) is 0 Å². The van der Waals surface area contributed by atoms with Gasteiger partial charge in [-0.1, -0.05) is 6.07 Å². The van der Waals surface area contributed by atoms with Gasteiger partial charge in [0.25, 0.3) is 11.8 Å². The Balaban J connectivity index is 1.59. The summed E-state index contributed by atoms with van der Waals surface area (Å²) in [5, 5.41) is 18.5. The Kier molecular flexibility index (Phi) is 6.28. The molecule has 0 aliphatic carbocycles. The van der Waals surface area contributed by atoms with Crippen LogP contribution in [-0.2, 0) is 6.18 Å². The highest BCUT2D eigenvalue weighted by molar-refractivity contribution is 5.95. The number of aromatic hydroxyl groups is 1. The highest BCUT2D eigenvalue weighted by Crippen LogP contribution is 2.30. The Morgan fingerprint density at radius 2 is 1.68 bits per heavy atom. The van der Waals surface area contributed by atoms with Gasteiger partial charge >= 0.3 is 6.18 Å². The summed E-state index contributed by atoms with van der Waals surface area (Å²) in [7, 11) is 0. The molecule has 0 saturated heterocycles. The van der Waals surface area contributed by atoms with Crippen molar-refractivity contribution in [3.05, 3.63) is 77.1 Å². The smallest absolute Gasteiger partial charge is 0.416 e. The fraction of sp³-hybridized carbons (Fsp3) is 0.190. The van der Waals surface area contributed by atoms with Crippen LogP contribution in [0.4, 0.5) is 13.2 Å². The van der Waals surface area contributed by atoms with E-state index in [-0.39, 0.29) is 36.0 Å². The molecule has 1 aromatic heterocycles. The van der Waals surface area contributed by atoms with Crippen molar-refractivity contribution in [3.63, 3.8) is 0 Å². The summed E-state index contributed by atoms with van der Waals surface area (Å²) < 4.78 is 40.1.